The van der Waals surface area contributed by atoms with Crippen LogP contribution in [0.3, 0.4) is 0 Å². The molecule has 1 aromatic rings. The van der Waals surface area contributed by atoms with Crippen molar-refractivity contribution >= 4 is 0 Å². The van der Waals surface area contributed by atoms with Gasteiger partial charge in [-0.25, -0.2) is 4.39 Å². The van der Waals surface area contributed by atoms with E-state index in [2.05, 4.69) is 0 Å². The third-order valence-corrected chi connectivity index (χ3v) is 2.80. The third kappa shape index (κ3) is 2.33. The molecule has 3 nitrogen and oxygen atoms in total. The molecule has 0 aliphatic carbocycles. The molecule has 0 unspecified atom stereocenters. The maximum Gasteiger partial charge on any atom is 0.169 e. The third-order valence-electron chi connectivity index (χ3n) is 2.80. The first kappa shape index (κ1) is 12.9. The number of rotatable bonds is 4. The largest absolute Gasteiger partial charge is 0.494 e. The molecular weight excluding hydrogens is 209 g/mol. The average Bonchev–Trinajstić information content (AvgIpc) is 2.28. The van der Waals surface area contributed by atoms with Gasteiger partial charge in [-0.1, -0.05) is 26.0 Å². The Balaban J connectivity index is 3.14. The number of aliphatic hydroxyl groups is 1. The zero-order valence-corrected chi connectivity index (χ0v) is 9.83. The van der Waals surface area contributed by atoms with E-state index in [1.54, 1.807) is 26.0 Å². The van der Waals surface area contributed by atoms with Crippen LogP contribution in [0.5, 0.6) is 5.75 Å². The molecule has 0 amide bonds. The van der Waals surface area contributed by atoms with Crippen LogP contribution in [0, 0.1) is 11.2 Å². The lowest BCUT2D eigenvalue weighted by Crippen LogP contribution is -2.33. The topological polar surface area (TPSA) is 55.5 Å². The summed E-state index contributed by atoms with van der Waals surface area (Å²) in [6, 6.07) is 4.26. The smallest absolute Gasteiger partial charge is 0.169 e. The van der Waals surface area contributed by atoms with Crippen LogP contribution in [0.15, 0.2) is 18.2 Å². The lowest BCUT2D eigenvalue weighted by molar-refractivity contribution is 0.130. The summed E-state index contributed by atoms with van der Waals surface area (Å²) >= 11 is 0. The van der Waals surface area contributed by atoms with E-state index in [1.165, 1.54) is 13.2 Å². The number of benzene rings is 1. The molecule has 0 fully saturated rings. The predicted octanol–water partition coefficient (Wildman–Crippen LogP) is 1.85. The number of hydrogen-bond acceptors (Lipinski definition) is 3. The molecule has 0 radical (unpaired) electrons. The van der Waals surface area contributed by atoms with Gasteiger partial charge >= 0.3 is 0 Å². The summed E-state index contributed by atoms with van der Waals surface area (Å²) in [5.41, 5.74) is 5.74. The second-order valence-electron chi connectivity index (χ2n) is 4.49. The van der Waals surface area contributed by atoms with Gasteiger partial charge in [-0.3, -0.25) is 0 Å². The molecule has 1 aromatic carbocycles. The van der Waals surface area contributed by atoms with Crippen LogP contribution in [0.2, 0.25) is 0 Å². The number of hydrogen-bond donors (Lipinski definition) is 2. The molecule has 3 N–H and O–H groups in total. The second-order valence-corrected chi connectivity index (χ2v) is 4.49. The fraction of sp³-hybridized carbons (Fsp3) is 0.500. The highest BCUT2D eigenvalue weighted by molar-refractivity contribution is 5.33. The van der Waals surface area contributed by atoms with Crippen molar-refractivity contribution in [3.8, 4) is 5.75 Å². The molecule has 90 valence electrons. The zero-order chi connectivity index (χ0) is 12.3. The summed E-state index contributed by atoms with van der Waals surface area (Å²) in [7, 11) is 1.41. The van der Waals surface area contributed by atoms with Gasteiger partial charge in [0.2, 0.25) is 0 Å². The van der Waals surface area contributed by atoms with E-state index in [0.717, 1.165) is 0 Å². The van der Waals surface area contributed by atoms with Crippen LogP contribution in [0.1, 0.15) is 25.5 Å². The summed E-state index contributed by atoms with van der Waals surface area (Å²) in [6.07, 6.45) is 0. The highest BCUT2D eigenvalue weighted by Crippen LogP contribution is 2.34. The number of methoxy groups -OCH3 is 1. The van der Waals surface area contributed by atoms with E-state index < -0.39 is 17.3 Å². The Morgan fingerprint density at radius 2 is 2.12 bits per heavy atom. The fourth-order valence-electron chi connectivity index (χ4n) is 1.44. The molecule has 0 saturated carbocycles. The number of aliphatic hydroxyl groups excluding tert-OH is 1. The maximum atomic E-state index is 13.9. The summed E-state index contributed by atoms with van der Waals surface area (Å²) in [5.74, 6) is -0.291. The van der Waals surface area contributed by atoms with Crippen molar-refractivity contribution in [2.45, 2.75) is 19.9 Å². The lowest BCUT2D eigenvalue weighted by Gasteiger charge is -2.30. The van der Waals surface area contributed by atoms with E-state index in [-0.39, 0.29) is 12.4 Å². The summed E-state index contributed by atoms with van der Waals surface area (Å²) in [6.45, 7) is 3.47. The minimum Gasteiger partial charge on any atom is -0.494 e. The number of nitrogens with two attached hydrogens (primary N) is 1. The number of halogens is 1. The van der Waals surface area contributed by atoms with Crippen LogP contribution in [-0.4, -0.2) is 18.8 Å². The van der Waals surface area contributed by atoms with Gasteiger partial charge < -0.3 is 15.6 Å². The molecule has 0 saturated heterocycles. The standard InChI is InChI=1S/C12H18FNO2/c1-12(2,7-15)11(14)8-5-4-6-9(16-3)10(8)13/h4-6,11,15H,7,14H2,1-3H3/t11-/m0/s1. The van der Waals surface area contributed by atoms with Crippen molar-refractivity contribution in [3.63, 3.8) is 0 Å². The molecular formula is C12H18FNO2. The first-order chi connectivity index (χ1) is 7.44. The molecule has 0 heterocycles. The van der Waals surface area contributed by atoms with E-state index in [9.17, 15) is 9.50 Å². The van der Waals surface area contributed by atoms with Gasteiger partial charge in [0.05, 0.1) is 7.11 Å². The van der Waals surface area contributed by atoms with Crippen LogP contribution in [0.25, 0.3) is 0 Å². The Bertz CT molecular complexity index is 366. The van der Waals surface area contributed by atoms with Crippen molar-refractivity contribution in [1.82, 2.24) is 0 Å². The maximum absolute atomic E-state index is 13.9. The van der Waals surface area contributed by atoms with Gasteiger partial charge in [0.15, 0.2) is 11.6 Å². The highest BCUT2D eigenvalue weighted by atomic mass is 19.1. The van der Waals surface area contributed by atoms with Crippen molar-refractivity contribution in [1.29, 1.82) is 0 Å². The first-order valence-corrected chi connectivity index (χ1v) is 5.13. The number of ether oxygens (including phenoxy) is 1. The Morgan fingerprint density at radius 1 is 1.50 bits per heavy atom. The minimum atomic E-state index is -0.576. The SMILES string of the molecule is COc1cccc([C@H](N)C(C)(C)CO)c1F. The molecule has 0 aliphatic rings. The quantitative estimate of drug-likeness (QED) is 0.825. The Labute approximate surface area is 95.0 Å². The van der Waals surface area contributed by atoms with Crippen LogP contribution < -0.4 is 10.5 Å². The molecule has 4 heteroatoms. The molecule has 0 aromatic heterocycles. The van der Waals surface area contributed by atoms with Crippen molar-refractivity contribution in [2.75, 3.05) is 13.7 Å². The monoisotopic (exact) mass is 227 g/mol. The molecule has 16 heavy (non-hydrogen) atoms. The van der Waals surface area contributed by atoms with Crippen LogP contribution in [0.4, 0.5) is 4.39 Å². The molecule has 1 rings (SSSR count). The predicted molar refractivity (Wildman–Crippen MR) is 60.7 cm³/mol. The Hall–Kier alpha value is -1.13. The molecule has 0 spiro atoms. The Kier molecular flexibility index (Phi) is 3.88. The lowest BCUT2D eigenvalue weighted by atomic mass is 9.81. The van der Waals surface area contributed by atoms with E-state index in [4.69, 9.17) is 10.5 Å². The van der Waals surface area contributed by atoms with E-state index in [1.807, 2.05) is 0 Å². The normalized spacial score (nSPS) is 13.6. The minimum absolute atomic E-state index is 0.106. The summed E-state index contributed by atoms with van der Waals surface area (Å²) in [4.78, 5) is 0. The molecule has 0 bridgehead atoms. The van der Waals surface area contributed by atoms with Gasteiger partial charge in [-0.05, 0) is 6.07 Å². The Morgan fingerprint density at radius 3 is 2.62 bits per heavy atom. The average molecular weight is 227 g/mol. The van der Waals surface area contributed by atoms with Gasteiger partial charge in [-0.15, -0.1) is 0 Å². The van der Waals surface area contributed by atoms with Gasteiger partial charge in [0.25, 0.3) is 0 Å². The summed E-state index contributed by atoms with van der Waals surface area (Å²) < 4.78 is 18.8. The van der Waals surface area contributed by atoms with Gasteiger partial charge in [0.1, 0.15) is 0 Å². The van der Waals surface area contributed by atoms with Gasteiger partial charge in [-0.2, -0.15) is 0 Å². The highest BCUT2D eigenvalue weighted by Gasteiger charge is 2.29. The second kappa shape index (κ2) is 4.80. The first-order valence-electron chi connectivity index (χ1n) is 5.13. The van der Waals surface area contributed by atoms with Crippen molar-refractivity contribution in [3.05, 3.63) is 29.6 Å². The van der Waals surface area contributed by atoms with Crippen LogP contribution >= 0.6 is 0 Å². The summed E-state index contributed by atoms with van der Waals surface area (Å²) in [5, 5.41) is 9.21. The molecule has 0 aliphatic heterocycles. The van der Waals surface area contributed by atoms with E-state index >= 15 is 0 Å². The van der Waals surface area contributed by atoms with Gasteiger partial charge in [0, 0.05) is 23.6 Å². The van der Waals surface area contributed by atoms with E-state index in [0.29, 0.717) is 5.56 Å². The molecule has 1 atom stereocenters. The zero-order valence-electron chi connectivity index (χ0n) is 9.83. The van der Waals surface area contributed by atoms with Crippen molar-refractivity contribution < 1.29 is 14.2 Å². The van der Waals surface area contributed by atoms with Crippen LogP contribution in [-0.2, 0) is 0 Å². The van der Waals surface area contributed by atoms with Crippen molar-refractivity contribution in [2.24, 2.45) is 11.1 Å². The fourth-order valence-corrected chi connectivity index (χ4v) is 1.44.